The molecule has 0 atom stereocenters. The highest BCUT2D eigenvalue weighted by molar-refractivity contribution is 5.47. The van der Waals surface area contributed by atoms with Gasteiger partial charge in [-0.1, -0.05) is 26.7 Å². The maximum absolute atomic E-state index is 4.71. The monoisotopic (exact) mass is 275 g/mol. The summed E-state index contributed by atoms with van der Waals surface area (Å²) in [4.78, 5) is 7.18. The van der Waals surface area contributed by atoms with Gasteiger partial charge in [0.05, 0.1) is 0 Å². The normalized spacial score (nSPS) is 18.3. The first-order chi connectivity index (χ1) is 9.64. The van der Waals surface area contributed by atoms with Crippen LogP contribution in [0.25, 0.3) is 0 Å². The molecule has 1 aliphatic rings. The molecule has 0 unspecified atom stereocenters. The highest BCUT2D eigenvalue weighted by atomic mass is 15.2. The largest absolute Gasteiger partial charge is 0.356 e. The standard InChI is InChI=1S/C17H29N3/c1-5-17(6-2)7-9-20(10-8-17)16-14(3)11-15(12-18-4)13-19-16/h11,13,18H,5-10,12H2,1-4H3. The van der Waals surface area contributed by atoms with Gasteiger partial charge in [-0.2, -0.15) is 0 Å². The molecule has 0 bridgehead atoms. The van der Waals surface area contributed by atoms with E-state index in [0.717, 1.165) is 19.6 Å². The molecule has 0 amide bonds. The van der Waals surface area contributed by atoms with E-state index < -0.39 is 0 Å². The Kier molecular flexibility index (Phi) is 5.03. The zero-order chi connectivity index (χ0) is 14.6. The summed E-state index contributed by atoms with van der Waals surface area (Å²) < 4.78 is 0. The smallest absolute Gasteiger partial charge is 0.131 e. The lowest BCUT2D eigenvalue weighted by atomic mass is 9.74. The molecular weight excluding hydrogens is 246 g/mol. The van der Waals surface area contributed by atoms with E-state index in [1.807, 2.05) is 13.2 Å². The van der Waals surface area contributed by atoms with Crippen LogP contribution < -0.4 is 10.2 Å². The van der Waals surface area contributed by atoms with Gasteiger partial charge in [-0.05, 0) is 49.4 Å². The number of hydrogen-bond donors (Lipinski definition) is 1. The SMILES string of the molecule is CCC1(CC)CCN(c2ncc(CNC)cc2C)CC1. The van der Waals surface area contributed by atoms with E-state index in [2.05, 4.69) is 37.1 Å². The molecule has 3 heteroatoms. The minimum Gasteiger partial charge on any atom is -0.356 e. The van der Waals surface area contributed by atoms with Crippen LogP contribution in [-0.4, -0.2) is 25.1 Å². The molecule has 2 heterocycles. The maximum atomic E-state index is 4.71. The van der Waals surface area contributed by atoms with Crippen molar-refractivity contribution in [1.29, 1.82) is 0 Å². The molecule has 0 aromatic carbocycles. The number of nitrogens with one attached hydrogen (secondary N) is 1. The molecule has 20 heavy (non-hydrogen) atoms. The lowest BCUT2D eigenvalue weighted by Gasteiger charge is -2.41. The molecule has 0 saturated carbocycles. The summed E-state index contributed by atoms with van der Waals surface area (Å²) >= 11 is 0. The highest BCUT2D eigenvalue weighted by Gasteiger charge is 2.31. The first kappa shape index (κ1) is 15.3. The molecule has 112 valence electrons. The van der Waals surface area contributed by atoms with E-state index >= 15 is 0 Å². The first-order valence-electron chi connectivity index (χ1n) is 7.99. The third-order valence-corrected chi connectivity index (χ3v) is 5.11. The number of aromatic nitrogens is 1. The second kappa shape index (κ2) is 6.57. The molecule has 1 aromatic rings. The zero-order valence-electron chi connectivity index (χ0n) is 13.5. The number of rotatable bonds is 5. The fourth-order valence-electron chi connectivity index (χ4n) is 3.41. The molecule has 1 N–H and O–H groups in total. The van der Waals surface area contributed by atoms with Crippen molar-refractivity contribution < 1.29 is 0 Å². The molecule has 3 nitrogen and oxygen atoms in total. The van der Waals surface area contributed by atoms with Crippen LogP contribution in [-0.2, 0) is 6.54 Å². The average molecular weight is 275 g/mol. The van der Waals surface area contributed by atoms with Gasteiger partial charge in [0, 0.05) is 25.8 Å². The summed E-state index contributed by atoms with van der Waals surface area (Å²) in [6.45, 7) is 10.1. The van der Waals surface area contributed by atoms with Gasteiger partial charge in [0.15, 0.2) is 0 Å². The van der Waals surface area contributed by atoms with Crippen LogP contribution in [0.3, 0.4) is 0 Å². The van der Waals surface area contributed by atoms with Gasteiger partial charge in [-0.3, -0.25) is 0 Å². The Labute approximate surface area is 123 Å². The molecule has 1 fully saturated rings. The minimum absolute atomic E-state index is 0.580. The van der Waals surface area contributed by atoms with E-state index in [1.165, 1.54) is 42.6 Å². The Morgan fingerprint density at radius 2 is 1.90 bits per heavy atom. The number of pyridine rings is 1. The van der Waals surface area contributed by atoms with Crippen LogP contribution >= 0.6 is 0 Å². The lowest BCUT2D eigenvalue weighted by Crippen LogP contribution is -2.40. The summed E-state index contributed by atoms with van der Waals surface area (Å²) in [5.74, 6) is 1.19. The highest BCUT2D eigenvalue weighted by Crippen LogP contribution is 2.39. The average Bonchev–Trinajstić information content (AvgIpc) is 2.48. The van der Waals surface area contributed by atoms with Gasteiger partial charge in [0.25, 0.3) is 0 Å². The van der Waals surface area contributed by atoms with Crippen molar-refractivity contribution in [3.05, 3.63) is 23.4 Å². The van der Waals surface area contributed by atoms with Crippen molar-refractivity contribution in [2.75, 3.05) is 25.0 Å². The zero-order valence-corrected chi connectivity index (χ0v) is 13.5. The number of aryl methyl sites for hydroxylation is 1. The molecule has 2 rings (SSSR count). The predicted molar refractivity (Wildman–Crippen MR) is 86.2 cm³/mol. The van der Waals surface area contributed by atoms with Crippen LogP contribution in [0.5, 0.6) is 0 Å². The van der Waals surface area contributed by atoms with Gasteiger partial charge in [-0.25, -0.2) is 4.98 Å². The van der Waals surface area contributed by atoms with Crippen molar-refractivity contribution in [3.63, 3.8) is 0 Å². The third kappa shape index (κ3) is 3.14. The summed E-state index contributed by atoms with van der Waals surface area (Å²) in [6.07, 6.45) is 7.24. The lowest BCUT2D eigenvalue weighted by molar-refractivity contribution is 0.199. The van der Waals surface area contributed by atoms with Gasteiger partial charge in [-0.15, -0.1) is 0 Å². The summed E-state index contributed by atoms with van der Waals surface area (Å²) in [6, 6.07) is 2.26. The van der Waals surface area contributed by atoms with Crippen LogP contribution in [0.15, 0.2) is 12.3 Å². The van der Waals surface area contributed by atoms with Gasteiger partial charge < -0.3 is 10.2 Å². The topological polar surface area (TPSA) is 28.2 Å². The summed E-state index contributed by atoms with van der Waals surface area (Å²) in [7, 11) is 1.98. The van der Waals surface area contributed by atoms with Gasteiger partial charge in [0.2, 0.25) is 0 Å². The molecule has 1 aliphatic heterocycles. The van der Waals surface area contributed by atoms with E-state index in [-0.39, 0.29) is 0 Å². The van der Waals surface area contributed by atoms with Crippen LogP contribution in [0.2, 0.25) is 0 Å². The fraction of sp³-hybridized carbons (Fsp3) is 0.706. The second-order valence-corrected chi connectivity index (χ2v) is 6.21. The van der Waals surface area contributed by atoms with E-state index in [0.29, 0.717) is 5.41 Å². The summed E-state index contributed by atoms with van der Waals surface area (Å²) in [5.41, 5.74) is 3.15. The number of anilines is 1. The molecule has 0 spiro atoms. The molecule has 1 saturated heterocycles. The second-order valence-electron chi connectivity index (χ2n) is 6.21. The van der Waals surface area contributed by atoms with Crippen molar-refractivity contribution in [1.82, 2.24) is 10.3 Å². The Balaban J connectivity index is 2.07. The Morgan fingerprint density at radius 3 is 2.40 bits per heavy atom. The number of nitrogens with zero attached hydrogens (tertiary/aromatic N) is 2. The predicted octanol–water partition coefficient (Wildman–Crippen LogP) is 3.52. The van der Waals surface area contributed by atoms with Crippen molar-refractivity contribution in [2.24, 2.45) is 5.41 Å². The maximum Gasteiger partial charge on any atom is 0.131 e. The summed E-state index contributed by atoms with van der Waals surface area (Å²) in [5, 5.41) is 3.18. The fourth-order valence-corrected chi connectivity index (χ4v) is 3.41. The van der Waals surface area contributed by atoms with Gasteiger partial charge >= 0.3 is 0 Å². The van der Waals surface area contributed by atoms with Crippen molar-refractivity contribution >= 4 is 5.82 Å². The van der Waals surface area contributed by atoms with Crippen molar-refractivity contribution in [2.45, 2.75) is 53.0 Å². The third-order valence-electron chi connectivity index (χ3n) is 5.11. The Bertz CT molecular complexity index is 428. The van der Waals surface area contributed by atoms with E-state index in [4.69, 9.17) is 4.98 Å². The molecule has 0 aliphatic carbocycles. The first-order valence-corrected chi connectivity index (χ1v) is 7.99. The van der Waals surface area contributed by atoms with Crippen LogP contribution in [0.4, 0.5) is 5.82 Å². The minimum atomic E-state index is 0.580. The van der Waals surface area contributed by atoms with E-state index in [1.54, 1.807) is 0 Å². The van der Waals surface area contributed by atoms with Crippen LogP contribution in [0.1, 0.15) is 50.7 Å². The molecule has 1 aromatic heterocycles. The van der Waals surface area contributed by atoms with E-state index in [9.17, 15) is 0 Å². The quantitative estimate of drug-likeness (QED) is 0.891. The Morgan fingerprint density at radius 1 is 1.25 bits per heavy atom. The molecule has 0 radical (unpaired) electrons. The molecular formula is C17H29N3. The van der Waals surface area contributed by atoms with Crippen molar-refractivity contribution in [3.8, 4) is 0 Å². The van der Waals surface area contributed by atoms with Gasteiger partial charge in [0.1, 0.15) is 5.82 Å². The number of hydrogen-bond acceptors (Lipinski definition) is 3. The number of piperidine rings is 1. The Hall–Kier alpha value is -1.09. The van der Waals surface area contributed by atoms with Crippen LogP contribution in [0, 0.1) is 12.3 Å².